The smallest absolute Gasteiger partial charge is 0.193 e. The molecule has 0 radical (unpaired) electrons. The number of hydrogen-bond acceptors (Lipinski definition) is 2. The van der Waals surface area contributed by atoms with E-state index in [-0.39, 0.29) is 5.78 Å². The monoisotopic (exact) mass is 466 g/mol. The summed E-state index contributed by atoms with van der Waals surface area (Å²) >= 11 is 0. The zero-order valence-corrected chi connectivity index (χ0v) is 21.2. The van der Waals surface area contributed by atoms with E-state index in [9.17, 15) is 9.36 Å². The van der Waals surface area contributed by atoms with Gasteiger partial charge in [-0.3, -0.25) is 4.79 Å². The van der Waals surface area contributed by atoms with Gasteiger partial charge in [-0.15, -0.1) is 0 Å². The van der Waals surface area contributed by atoms with Crippen LogP contribution in [0.2, 0.25) is 0 Å². The Morgan fingerprint density at radius 1 is 0.706 bits per heavy atom. The van der Waals surface area contributed by atoms with E-state index in [0.717, 1.165) is 51.0 Å². The van der Waals surface area contributed by atoms with Crippen LogP contribution in [0.15, 0.2) is 91.0 Å². The zero-order chi connectivity index (χ0) is 24.3. The maximum absolute atomic E-state index is 14.7. The summed E-state index contributed by atoms with van der Waals surface area (Å²) in [4.78, 5) is 13.3. The number of hydrogen-bond donors (Lipinski definition) is 0. The second-order valence-electron chi connectivity index (χ2n) is 9.01. The molecule has 0 aromatic heterocycles. The molecule has 2 nitrogen and oxygen atoms in total. The zero-order valence-electron chi connectivity index (χ0n) is 20.3. The molecule has 1 unspecified atom stereocenters. The van der Waals surface area contributed by atoms with Gasteiger partial charge in [0.25, 0.3) is 0 Å². The number of aryl methyl sites for hydroxylation is 4. The van der Waals surface area contributed by atoms with Gasteiger partial charge in [-0.2, -0.15) is 0 Å². The molecular formula is C31H31O2P. The minimum absolute atomic E-state index is 0.0000111. The molecule has 172 valence electrons. The molecule has 0 heterocycles. The summed E-state index contributed by atoms with van der Waals surface area (Å²) in [5.41, 5.74) is 5.71. The van der Waals surface area contributed by atoms with Gasteiger partial charge in [0.1, 0.15) is 0 Å². The number of carbonyl (C=O) groups is 1. The third kappa shape index (κ3) is 4.56. The third-order valence-electron chi connectivity index (χ3n) is 6.36. The maximum atomic E-state index is 14.7. The second-order valence-corrected chi connectivity index (χ2v) is 11.8. The molecular weight excluding hydrogens is 435 g/mol. The molecule has 0 saturated heterocycles. The molecule has 0 aliphatic heterocycles. The molecule has 0 N–H and O–H groups in total. The summed E-state index contributed by atoms with van der Waals surface area (Å²) in [5, 5.41) is 2.33. The normalized spacial score (nSPS) is 12.8. The van der Waals surface area contributed by atoms with Crippen molar-refractivity contribution < 1.29 is 9.36 Å². The quantitative estimate of drug-likeness (QED) is 0.232. The van der Waals surface area contributed by atoms with Crippen LogP contribution in [0.5, 0.6) is 0 Å². The topological polar surface area (TPSA) is 34.1 Å². The summed E-state index contributed by atoms with van der Waals surface area (Å²) in [6.07, 6.45) is 2.08. The number of benzene rings is 4. The molecule has 0 saturated carbocycles. The van der Waals surface area contributed by atoms with Crippen LogP contribution < -0.4 is 15.9 Å². The van der Waals surface area contributed by atoms with E-state index in [2.05, 4.69) is 19.1 Å². The molecule has 0 aliphatic rings. The van der Waals surface area contributed by atoms with Crippen LogP contribution in [0.25, 0.3) is 0 Å². The number of ketones is 1. The van der Waals surface area contributed by atoms with Crippen LogP contribution in [-0.4, -0.2) is 5.78 Å². The molecule has 4 rings (SSSR count). The first-order valence-electron chi connectivity index (χ1n) is 11.8. The summed E-state index contributed by atoms with van der Waals surface area (Å²) < 4.78 is 14.7. The van der Waals surface area contributed by atoms with E-state index in [1.807, 2.05) is 99.6 Å². The first kappa shape index (κ1) is 23.9. The number of carbonyl (C=O) groups excluding carboxylic acids is 1. The van der Waals surface area contributed by atoms with Crippen molar-refractivity contribution in [3.63, 3.8) is 0 Å². The molecule has 0 amide bonds. The fourth-order valence-corrected chi connectivity index (χ4v) is 7.38. The summed E-state index contributed by atoms with van der Waals surface area (Å²) in [6.45, 7) is 8.16. The Morgan fingerprint density at radius 3 is 1.74 bits per heavy atom. The molecule has 0 bridgehead atoms. The highest BCUT2D eigenvalue weighted by molar-refractivity contribution is 7.85. The average Bonchev–Trinajstić information content (AvgIpc) is 2.84. The van der Waals surface area contributed by atoms with Gasteiger partial charge >= 0.3 is 0 Å². The lowest BCUT2D eigenvalue weighted by Crippen LogP contribution is -2.25. The predicted octanol–water partition coefficient (Wildman–Crippen LogP) is 6.43. The lowest BCUT2D eigenvalue weighted by molar-refractivity contribution is 0.103. The van der Waals surface area contributed by atoms with Crippen molar-refractivity contribution in [3.05, 3.63) is 124 Å². The second kappa shape index (κ2) is 9.95. The van der Waals surface area contributed by atoms with E-state index in [0.29, 0.717) is 5.56 Å². The molecule has 0 spiro atoms. The molecule has 3 heteroatoms. The third-order valence-corrected chi connectivity index (χ3v) is 9.43. The van der Waals surface area contributed by atoms with E-state index in [1.165, 1.54) is 5.56 Å². The Balaban J connectivity index is 1.77. The largest absolute Gasteiger partial charge is 0.309 e. The van der Waals surface area contributed by atoms with Crippen molar-refractivity contribution in [1.82, 2.24) is 0 Å². The van der Waals surface area contributed by atoms with Crippen molar-refractivity contribution in [1.29, 1.82) is 0 Å². The van der Waals surface area contributed by atoms with Crippen LogP contribution in [-0.2, 0) is 11.0 Å². The lowest BCUT2D eigenvalue weighted by atomic mass is 9.93. The first-order valence-corrected chi connectivity index (χ1v) is 13.5. The van der Waals surface area contributed by atoms with Crippen molar-refractivity contribution in [2.24, 2.45) is 0 Å². The Hall–Kier alpha value is -3.22. The summed E-state index contributed by atoms with van der Waals surface area (Å²) in [6, 6.07) is 29.2. The standard InChI is InChI=1S/C31H31O2P/c1-5-9-25-12-16-28(17-13-25)34(33,27-10-7-6-8-11-27)29-18-14-26(15-19-29)31(32)30-23(3)20-22(2)21-24(30)4/h6-8,10-21H,5,9H2,1-4H3. The van der Waals surface area contributed by atoms with Crippen molar-refractivity contribution in [2.75, 3.05) is 0 Å². The van der Waals surface area contributed by atoms with Gasteiger partial charge in [-0.05, 0) is 43.9 Å². The molecule has 34 heavy (non-hydrogen) atoms. The molecule has 4 aromatic carbocycles. The Labute approximate surface area is 203 Å². The van der Waals surface area contributed by atoms with Crippen LogP contribution in [0, 0.1) is 20.8 Å². The first-order chi connectivity index (χ1) is 16.3. The van der Waals surface area contributed by atoms with Gasteiger partial charge in [0, 0.05) is 27.0 Å². The maximum Gasteiger partial charge on any atom is 0.193 e. The van der Waals surface area contributed by atoms with Crippen molar-refractivity contribution >= 4 is 28.8 Å². The van der Waals surface area contributed by atoms with Crippen LogP contribution in [0.4, 0.5) is 0 Å². The van der Waals surface area contributed by atoms with Crippen LogP contribution >= 0.6 is 7.14 Å². The van der Waals surface area contributed by atoms with Crippen molar-refractivity contribution in [3.8, 4) is 0 Å². The van der Waals surface area contributed by atoms with Gasteiger partial charge in [0.2, 0.25) is 0 Å². The van der Waals surface area contributed by atoms with E-state index < -0.39 is 7.14 Å². The number of rotatable bonds is 7. The highest BCUT2D eigenvalue weighted by Crippen LogP contribution is 2.42. The van der Waals surface area contributed by atoms with Crippen LogP contribution in [0.3, 0.4) is 0 Å². The minimum atomic E-state index is -3.07. The summed E-state index contributed by atoms with van der Waals surface area (Å²) in [5.74, 6) is 0.0000111. The van der Waals surface area contributed by atoms with E-state index in [1.54, 1.807) is 0 Å². The van der Waals surface area contributed by atoms with Crippen molar-refractivity contribution in [2.45, 2.75) is 40.5 Å². The van der Waals surface area contributed by atoms with Crippen LogP contribution in [0.1, 0.15) is 51.5 Å². The van der Waals surface area contributed by atoms with E-state index >= 15 is 0 Å². The highest BCUT2D eigenvalue weighted by atomic mass is 31.2. The molecule has 0 aliphatic carbocycles. The van der Waals surface area contributed by atoms with E-state index in [4.69, 9.17) is 0 Å². The minimum Gasteiger partial charge on any atom is -0.309 e. The predicted molar refractivity (Wildman–Crippen MR) is 144 cm³/mol. The van der Waals surface area contributed by atoms with Gasteiger partial charge in [-0.25, -0.2) is 0 Å². The fraction of sp³-hybridized carbons (Fsp3) is 0.194. The average molecular weight is 467 g/mol. The van der Waals surface area contributed by atoms with Gasteiger partial charge in [0.05, 0.1) is 0 Å². The lowest BCUT2D eigenvalue weighted by Gasteiger charge is -2.20. The van der Waals surface area contributed by atoms with Gasteiger partial charge in [-0.1, -0.05) is 110 Å². The Bertz CT molecular complexity index is 1330. The summed E-state index contributed by atoms with van der Waals surface area (Å²) in [7, 11) is -3.07. The molecule has 1 atom stereocenters. The van der Waals surface area contributed by atoms with Gasteiger partial charge < -0.3 is 4.57 Å². The van der Waals surface area contributed by atoms with Gasteiger partial charge in [0.15, 0.2) is 12.9 Å². The fourth-order valence-electron chi connectivity index (χ4n) is 4.75. The Morgan fingerprint density at radius 2 is 1.21 bits per heavy atom. The molecule has 4 aromatic rings. The molecule has 0 fully saturated rings. The SMILES string of the molecule is CCCc1ccc(P(=O)(c2ccccc2)c2ccc(C(=O)c3c(C)cc(C)cc3C)cc2)cc1. The highest BCUT2D eigenvalue weighted by Gasteiger charge is 2.30. The Kier molecular flexibility index (Phi) is 7.00.